The van der Waals surface area contributed by atoms with Crippen molar-refractivity contribution in [3.8, 4) is 0 Å². The molecule has 0 radical (unpaired) electrons. The van der Waals surface area contributed by atoms with E-state index in [1.165, 1.54) is 6.07 Å². The fraction of sp³-hybridized carbons (Fsp3) is 0.458. The van der Waals surface area contributed by atoms with E-state index in [9.17, 15) is 23.1 Å². The highest BCUT2D eigenvalue weighted by atomic mass is 19.4. The molecule has 0 spiro atoms. The van der Waals surface area contributed by atoms with Crippen molar-refractivity contribution in [2.45, 2.75) is 57.2 Å². The summed E-state index contributed by atoms with van der Waals surface area (Å²) in [6, 6.07) is 5.15. The summed E-state index contributed by atoms with van der Waals surface area (Å²) in [5.74, 6) is -0.610. The first-order valence-corrected chi connectivity index (χ1v) is 11.2. The summed E-state index contributed by atoms with van der Waals surface area (Å²) in [4.78, 5) is 21.0. The van der Waals surface area contributed by atoms with Crippen LogP contribution in [-0.2, 0) is 17.3 Å². The molecule has 3 aromatic rings. The van der Waals surface area contributed by atoms with E-state index in [-0.39, 0.29) is 11.6 Å². The SMILES string of the molecule is CC(C)(O)CCc1cn2cc(NC(=O)c3cccc(C(F)(F)F)n3)c(C3CCOCC3)cc2n1. The van der Waals surface area contributed by atoms with Gasteiger partial charge in [-0.05, 0) is 69.2 Å². The number of aliphatic hydroxyl groups is 1. The Kier molecular flexibility index (Phi) is 6.64. The van der Waals surface area contributed by atoms with Crippen LogP contribution in [0.4, 0.5) is 18.9 Å². The Morgan fingerprint density at radius 1 is 1.21 bits per heavy atom. The lowest BCUT2D eigenvalue weighted by molar-refractivity contribution is -0.141. The van der Waals surface area contributed by atoms with Crippen LogP contribution in [0, 0.1) is 0 Å². The van der Waals surface area contributed by atoms with Crippen LogP contribution < -0.4 is 5.32 Å². The van der Waals surface area contributed by atoms with Crippen LogP contribution in [0.5, 0.6) is 0 Å². The van der Waals surface area contributed by atoms with Gasteiger partial charge < -0.3 is 19.6 Å². The van der Waals surface area contributed by atoms with E-state index in [1.54, 1.807) is 24.4 Å². The van der Waals surface area contributed by atoms with Gasteiger partial charge in [0, 0.05) is 25.6 Å². The number of hydrogen-bond donors (Lipinski definition) is 2. The fourth-order valence-corrected chi connectivity index (χ4v) is 4.01. The highest BCUT2D eigenvalue weighted by molar-refractivity contribution is 6.03. The third kappa shape index (κ3) is 5.74. The number of rotatable bonds is 6. The van der Waals surface area contributed by atoms with Gasteiger partial charge in [0.25, 0.3) is 5.91 Å². The lowest BCUT2D eigenvalue weighted by Gasteiger charge is -2.25. The first-order valence-electron chi connectivity index (χ1n) is 11.2. The molecule has 182 valence electrons. The van der Waals surface area contributed by atoms with Crippen LogP contribution in [0.15, 0.2) is 36.7 Å². The zero-order chi connectivity index (χ0) is 24.5. The summed E-state index contributed by atoms with van der Waals surface area (Å²) in [5, 5.41) is 12.8. The number of nitrogens with one attached hydrogen (secondary N) is 1. The second kappa shape index (κ2) is 9.34. The number of carbonyl (C=O) groups is 1. The van der Waals surface area contributed by atoms with E-state index in [2.05, 4.69) is 15.3 Å². The normalized spacial score (nSPS) is 15.6. The van der Waals surface area contributed by atoms with Crippen LogP contribution in [0.1, 0.15) is 66.5 Å². The molecule has 4 heterocycles. The highest BCUT2D eigenvalue weighted by Crippen LogP contribution is 2.34. The van der Waals surface area contributed by atoms with Crippen LogP contribution in [0.2, 0.25) is 0 Å². The second-order valence-corrected chi connectivity index (χ2v) is 9.20. The van der Waals surface area contributed by atoms with Crippen molar-refractivity contribution in [2.24, 2.45) is 0 Å². The first-order chi connectivity index (χ1) is 16.0. The minimum Gasteiger partial charge on any atom is -0.390 e. The number of aromatic nitrogens is 3. The maximum absolute atomic E-state index is 13.0. The van der Waals surface area contributed by atoms with E-state index < -0.39 is 23.4 Å². The van der Waals surface area contributed by atoms with Gasteiger partial charge in [-0.3, -0.25) is 4.79 Å². The van der Waals surface area contributed by atoms with E-state index >= 15 is 0 Å². The fourth-order valence-electron chi connectivity index (χ4n) is 4.01. The molecule has 1 saturated heterocycles. The minimum absolute atomic E-state index is 0.111. The maximum Gasteiger partial charge on any atom is 0.433 e. The van der Waals surface area contributed by atoms with Gasteiger partial charge in [0.15, 0.2) is 0 Å². The lowest BCUT2D eigenvalue weighted by Crippen LogP contribution is -2.20. The molecule has 1 aliphatic rings. The molecular formula is C24H27F3N4O3. The number of aryl methyl sites for hydroxylation is 1. The van der Waals surface area contributed by atoms with E-state index in [0.29, 0.717) is 37.4 Å². The number of imidazole rings is 1. The molecule has 7 nitrogen and oxygen atoms in total. The predicted molar refractivity (Wildman–Crippen MR) is 120 cm³/mol. The molecule has 0 bridgehead atoms. The van der Waals surface area contributed by atoms with Gasteiger partial charge in [-0.25, -0.2) is 9.97 Å². The standard InChI is InChI=1S/C24H27F3N4O3/c1-23(2,33)9-6-16-13-31-14-19(17(12-21(31)28-16)15-7-10-34-11-8-15)30-22(32)18-4-3-5-20(29-18)24(25,26)27/h3-5,12-15,33H,6-11H2,1-2H3,(H,30,32). The molecule has 34 heavy (non-hydrogen) atoms. The molecule has 0 aliphatic carbocycles. The van der Waals surface area contributed by atoms with Crippen molar-refractivity contribution >= 4 is 17.2 Å². The van der Waals surface area contributed by atoms with Crippen molar-refractivity contribution in [1.82, 2.24) is 14.4 Å². The van der Waals surface area contributed by atoms with Crippen molar-refractivity contribution in [1.29, 1.82) is 0 Å². The van der Waals surface area contributed by atoms with E-state index in [4.69, 9.17) is 4.74 Å². The van der Waals surface area contributed by atoms with Crippen molar-refractivity contribution in [2.75, 3.05) is 18.5 Å². The van der Waals surface area contributed by atoms with E-state index in [0.717, 1.165) is 36.2 Å². The average Bonchev–Trinajstić information content (AvgIpc) is 3.19. The Labute approximate surface area is 195 Å². The van der Waals surface area contributed by atoms with Crippen LogP contribution >= 0.6 is 0 Å². The summed E-state index contributed by atoms with van der Waals surface area (Å²) in [7, 11) is 0. The molecular weight excluding hydrogens is 449 g/mol. The minimum atomic E-state index is -4.64. The lowest BCUT2D eigenvalue weighted by atomic mass is 9.91. The van der Waals surface area contributed by atoms with Gasteiger partial charge in [-0.15, -0.1) is 0 Å². The summed E-state index contributed by atoms with van der Waals surface area (Å²) < 4.78 is 46.4. The molecule has 0 saturated carbocycles. The number of amides is 1. The topological polar surface area (TPSA) is 88.8 Å². The van der Waals surface area contributed by atoms with Gasteiger partial charge in [0.05, 0.1) is 17.0 Å². The quantitative estimate of drug-likeness (QED) is 0.543. The van der Waals surface area contributed by atoms with Gasteiger partial charge in [0.2, 0.25) is 0 Å². The van der Waals surface area contributed by atoms with Crippen LogP contribution in [0.25, 0.3) is 5.65 Å². The highest BCUT2D eigenvalue weighted by Gasteiger charge is 2.33. The van der Waals surface area contributed by atoms with Crippen molar-refractivity contribution in [3.63, 3.8) is 0 Å². The Morgan fingerprint density at radius 2 is 1.94 bits per heavy atom. The van der Waals surface area contributed by atoms with Crippen LogP contribution in [-0.4, -0.2) is 44.2 Å². The third-order valence-corrected chi connectivity index (χ3v) is 5.85. The number of hydrogen-bond acceptors (Lipinski definition) is 5. The number of alkyl halides is 3. The van der Waals surface area contributed by atoms with E-state index in [1.807, 2.05) is 12.3 Å². The number of ether oxygens (including phenoxy) is 1. The second-order valence-electron chi connectivity index (χ2n) is 9.20. The summed E-state index contributed by atoms with van der Waals surface area (Å²) in [6.45, 7) is 4.65. The summed E-state index contributed by atoms with van der Waals surface area (Å²) >= 11 is 0. The molecule has 0 aromatic carbocycles. The molecule has 4 rings (SSSR count). The average molecular weight is 476 g/mol. The number of pyridine rings is 2. The number of fused-ring (bicyclic) bond motifs is 1. The van der Waals surface area contributed by atoms with Crippen molar-refractivity contribution in [3.05, 3.63) is 59.3 Å². The molecule has 0 unspecified atom stereocenters. The molecule has 2 N–H and O–H groups in total. The Morgan fingerprint density at radius 3 is 2.62 bits per heavy atom. The molecule has 0 atom stereocenters. The Bertz CT molecular complexity index is 1180. The third-order valence-electron chi connectivity index (χ3n) is 5.85. The number of carbonyl (C=O) groups excluding carboxylic acids is 1. The molecule has 10 heteroatoms. The van der Waals surface area contributed by atoms with Gasteiger partial charge >= 0.3 is 6.18 Å². The van der Waals surface area contributed by atoms with Crippen LogP contribution in [0.3, 0.4) is 0 Å². The van der Waals surface area contributed by atoms with Gasteiger partial charge in [-0.1, -0.05) is 6.07 Å². The number of halogens is 3. The van der Waals surface area contributed by atoms with Gasteiger partial charge in [-0.2, -0.15) is 13.2 Å². The summed E-state index contributed by atoms with van der Waals surface area (Å²) in [5.41, 5.74) is 0.590. The largest absolute Gasteiger partial charge is 0.433 e. The van der Waals surface area contributed by atoms with Gasteiger partial charge in [0.1, 0.15) is 17.0 Å². The monoisotopic (exact) mass is 476 g/mol. The summed E-state index contributed by atoms with van der Waals surface area (Å²) in [6.07, 6.45) is 1.54. The molecule has 1 fully saturated rings. The zero-order valence-corrected chi connectivity index (χ0v) is 19.0. The molecule has 1 amide bonds. The molecule has 3 aromatic heterocycles. The predicted octanol–water partition coefficient (Wildman–Crippen LogP) is 4.60. The maximum atomic E-state index is 13.0. The first kappa shape index (κ1) is 24.2. The molecule has 1 aliphatic heterocycles. The Balaban J connectivity index is 1.67. The zero-order valence-electron chi connectivity index (χ0n) is 19.0. The smallest absolute Gasteiger partial charge is 0.390 e. The Hall–Kier alpha value is -2.98. The van der Waals surface area contributed by atoms with Crippen molar-refractivity contribution < 1.29 is 27.8 Å². The number of anilines is 1. The number of nitrogens with zero attached hydrogens (tertiary/aromatic N) is 3.